The first-order valence-electron chi connectivity index (χ1n) is 7.81. The standard InChI is InChI=1S/C17H22N2O6S/c1-17(2,3)25-16(21)19(26(5,22)23)13-6-7-14-12(10-13)8-9-18(14)11-15(20)24-4/h6-10H,11H2,1-5H3. The minimum absolute atomic E-state index is 0.0290. The molecule has 1 aromatic heterocycles. The maximum absolute atomic E-state index is 12.4. The van der Waals surface area contributed by atoms with Crippen LogP contribution in [0, 0.1) is 0 Å². The molecule has 0 aliphatic rings. The second-order valence-corrected chi connectivity index (χ2v) is 8.60. The van der Waals surface area contributed by atoms with Crippen LogP contribution in [0.3, 0.4) is 0 Å². The predicted octanol–water partition coefficient (Wildman–Crippen LogP) is 2.52. The van der Waals surface area contributed by atoms with Crippen molar-refractivity contribution in [1.29, 1.82) is 0 Å². The molecule has 0 aliphatic carbocycles. The number of hydrogen-bond acceptors (Lipinski definition) is 6. The number of ether oxygens (including phenoxy) is 2. The second-order valence-electron chi connectivity index (χ2n) is 6.77. The number of esters is 1. The van der Waals surface area contributed by atoms with Crippen molar-refractivity contribution in [3.63, 3.8) is 0 Å². The highest BCUT2D eigenvalue weighted by atomic mass is 32.2. The lowest BCUT2D eigenvalue weighted by Crippen LogP contribution is -2.40. The Kier molecular flexibility index (Phi) is 5.31. The molecule has 142 valence electrons. The average molecular weight is 382 g/mol. The predicted molar refractivity (Wildman–Crippen MR) is 97.5 cm³/mol. The van der Waals surface area contributed by atoms with Gasteiger partial charge in [0.2, 0.25) is 10.0 Å². The Hall–Kier alpha value is -2.55. The molecule has 0 aliphatic heterocycles. The van der Waals surface area contributed by atoms with E-state index in [1.807, 2.05) is 0 Å². The lowest BCUT2D eigenvalue weighted by Gasteiger charge is -2.26. The third-order valence-electron chi connectivity index (χ3n) is 3.41. The van der Waals surface area contributed by atoms with Gasteiger partial charge >= 0.3 is 12.1 Å². The van der Waals surface area contributed by atoms with Gasteiger partial charge in [0.15, 0.2) is 0 Å². The summed E-state index contributed by atoms with van der Waals surface area (Å²) in [6, 6.07) is 6.39. The first-order valence-corrected chi connectivity index (χ1v) is 9.66. The molecule has 0 bridgehead atoms. The van der Waals surface area contributed by atoms with Crippen molar-refractivity contribution in [1.82, 2.24) is 4.57 Å². The van der Waals surface area contributed by atoms with Crippen LogP contribution in [0.1, 0.15) is 20.8 Å². The number of hydrogen-bond donors (Lipinski definition) is 0. The fourth-order valence-corrected chi connectivity index (χ4v) is 3.20. The van der Waals surface area contributed by atoms with Crippen molar-refractivity contribution >= 4 is 38.7 Å². The quantitative estimate of drug-likeness (QED) is 0.754. The lowest BCUT2D eigenvalue weighted by atomic mass is 10.2. The lowest BCUT2D eigenvalue weighted by molar-refractivity contribution is -0.141. The molecule has 0 saturated carbocycles. The Morgan fingerprint density at radius 3 is 2.38 bits per heavy atom. The van der Waals surface area contributed by atoms with E-state index in [2.05, 4.69) is 4.74 Å². The number of anilines is 1. The van der Waals surface area contributed by atoms with E-state index < -0.39 is 27.7 Å². The van der Waals surface area contributed by atoms with Gasteiger partial charge in [-0.15, -0.1) is 0 Å². The van der Waals surface area contributed by atoms with Gasteiger partial charge in [-0.05, 0) is 45.0 Å². The van der Waals surface area contributed by atoms with Crippen LogP contribution in [-0.2, 0) is 30.8 Å². The smallest absolute Gasteiger partial charge is 0.428 e. The summed E-state index contributed by atoms with van der Waals surface area (Å²) in [5.74, 6) is -0.405. The number of benzene rings is 1. The zero-order chi connectivity index (χ0) is 19.7. The number of fused-ring (bicyclic) bond motifs is 1. The molecule has 2 rings (SSSR count). The van der Waals surface area contributed by atoms with Crippen LogP contribution >= 0.6 is 0 Å². The zero-order valence-corrected chi connectivity index (χ0v) is 16.2. The van der Waals surface area contributed by atoms with Gasteiger partial charge in [-0.25, -0.2) is 13.2 Å². The molecule has 0 N–H and O–H groups in total. The summed E-state index contributed by atoms with van der Waals surface area (Å²) in [5, 5.41) is 0.670. The van der Waals surface area contributed by atoms with E-state index in [0.717, 1.165) is 6.26 Å². The third kappa shape index (κ3) is 4.54. The van der Waals surface area contributed by atoms with Gasteiger partial charge in [-0.2, -0.15) is 4.31 Å². The topological polar surface area (TPSA) is 94.9 Å². The van der Waals surface area contributed by atoms with Gasteiger partial charge in [0.1, 0.15) is 12.1 Å². The number of carbonyl (C=O) groups is 2. The number of nitrogens with zero attached hydrogens (tertiary/aromatic N) is 2. The second kappa shape index (κ2) is 6.99. The van der Waals surface area contributed by atoms with E-state index in [-0.39, 0.29) is 12.2 Å². The fraction of sp³-hybridized carbons (Fsp3) is 0.412. The molecule has 0 fully saturated rings. The van der Waals surface area contributed by atoms with Crippen molar-refractivity contribution in [2.24, 2.45) is 0 Å². The Morgan fingerprint density at radius 1 is 1.19 bits per heavy atom. The normalized spacial score (nSPS) is 12.0. The molecule has 1 amide bonds. The molecule has 0 spiro atoms. The number of sulfonamides is 1. The Morgan fingerprint density at radius 2 is 1.85 bits per heavy atom. The highest BCUT2D eigenvalue weighted by Gasteiger charge is 2.30. The Balaban J connectivity index is 2.45. The Bertz CT molecular complexity index is 940. The van der Waals surface area contributed by atoms with Crippen LogP contribution in [0.15, 0.2) is 30.5 Å². The summed E-state index contributed by atoms with van der Waals surface area (Å²) in [7, 11) is -2.59. The monoisotopic (exact) mass is 382 g/mol. The van der Waals surface area contributed by atoms with E-state index in [0.29, 0.717) is 15.2 Å². The number of carbonyl (C=O) groups excluding carboxylic acids is 2. The van der Waals surface area contributed by atoms with Crippen molar-refractivity contribution < 1.29 is 27.5 Å². The molecule has 0 atom stereocenters. The van der Waals surface area contributed by atoms with Crippen LogP contribution in [0.2, 0.25) is 0 Å². The number of amides is 1. The van der Waals surface area contributed by atoms with E-state index in [4.69, 9.17) is 4.74 Å². The molecule has 1 heterocycles. The van der Waals surface area contributed by atoms with Crippen LogP contribution in [0.5, 0.6) is 0 Å². The number of methoxy groups -OCH3 is 1. The molecular formula is C17H22N2O6S. The highest BCUT2D eigenvalue weighted by Crippen LogP contribution is 2.26. The average Bonchev–Trinajstić information content (AvgIpc) is 2.86. The van der Waals surface area contributed by atoms with E-state index in [1.54, 1.807) is 49.7 Å². The molecule has 0 radical (unpaired) electrons. The summed E-state index contributed by atoms with van der Waals surface area (Å²) in [5.41, 5.74) is 0.0235. The summed E-state index contributed by atoms with van der Waals surface area (Å²) in [6.07, 6.45) is 1.64. The summed E-state index contributed by atoms with van der Waals surface area (Å²) in [4.78, 5) is 23.8. The van der Waals surface area contributed by atoms with Gasteiger partial charge in [0.25, 0.3) is 0 Å². The maximum atomic E-state index is 12.4. The summed E-state index contributed by atoms with van der Waals surface area (Å²) >= 11 is 0. The van der Waals surface area contributed by atoms with Crippen LogP contribution in [-0.4, -0.2) is 44.0 Å². The van der Waals surface area contributed by atoms with Crippen LogP contribution in [0.4, 0.5) is 10.5 Å². The SMILES string of the molecule is COC(=O)Cn1ccc2cc(N(C(=O)OC(C)(C)C)S(C)(=O)=O)ccc21. The van der Waals surface area contributed by atoms with Gasteiger partial charge in [-0.3, -0.25) is 4.79 Å². The molecule has 0 unspecified atom stereocenters. The molecule has 2 aromatic rings. The fourth-order valence-electron chi connectivity index (χ4n) is 2.39. The van der Waals surface area contributed by atoms with Crippen molar-refractivity contribution in [2.45, 2.75) is 32.9 Å². The van der Waals surface area contributed by atoms with E-state index in [1.165, 1.54) is 13.2 Å². The first kappa shape index (κ1) is 19.8. The summed E-state index contributed by atoms with van der Waals surface area (Å²) in [6.45, 7) is 4.99. The highest BCUT2D eigenvalue weighted by molar-refractivity contribution is 7.92. The van der Waals surface area contributed by atoms with E-state index in [9.17, 15) is 18.0 Å². The van der Waals surface area contributed by atoms with Crippen LogP contribution < -0.4 is 4.31 Å². The molecule has 8 nitrogen and oxygen atoms in total. The van der Waals surface area contributed by atoms with Crippen molar-refractivity contribution in [3.8, 4) is 0 Å². The van der Waals surface area contributed by atoms with E-state index >= 15 is 0 Å². The van der Waals surface area contributed by atoms with Gasteiger partial charge < -0.3 is 14.0 Å². The molecule has 9 heteroatoms. The largest absolute Gasteiger partial charge is 0.468 e. The van der Waals surface area contributed by atoms with Crippen molar-refractivity contribution in [3.05, 3.63) is 30.5 Å². The van der Waals surface area contributed by atoms with Gasteiger partial charge in [0.05, 0.1) is 19.1 Å². The molecular weight excluding hydrogens is 360 g/mol. The minimum atomic E-state index is -3.90. The first-order chi connectivity index (χ1) is 11.9. The molecule has 1 aromatic carbocycles. The number of aromatic nitrogens is 1. The molecule has 0 saturated heterocycles. The summed E-state index contributed by atoms with van der Waals surface area (Å²) < 4.78 is 36.4. The van der Waals surface area contributed by atoms with Crippen molar-refractivity contribution in [2.75, 3.05) is 17.7 Å². The number of rotatable bonds is 4. The molecule has 26 heavy (non-hydrogen) atoms. The van der Waals surface area contributed by atoms with Gasteiger partial charge in [0, 0.05) is 17.1 Å². The zero-order valence-electron chi connectivity index (χ0n) is 15.3. The van der Waals surface area contributed by atoms with Gasteiger partial charge in [-0.1, -0.05) is 0 Å². The third-order valence-corrected chi connectivity index (χ3v) is 4.43. The maximum Gasteiger partial charge on any atom is 0.428 e. The minimum Gasteiger partial charge on any atom is -0.468 e. The Labute approximate surface area is 152 Å². The van der Waals surface area contributed by atoms with Crippen LogP contribution in [0.25, 0.3) is 10.9 Å².